The van der Waals surface area contributed by atoms with Gasteiger partial charge in [0, 0.05) is 35.9 Å². The van der Waals surface area contributed by atoms with Gasteiger partial charge in [-0.1, -0.05) is 0 Å². The summed E-state index contributed by atoms with van der Waals surface area (Å²) in [5.74, 6) is 0.830. The molecule has 0 bridgehead atoms. The lowest BCUT2D eigenvalue weighted by Gasteiger charge is -1.94. The normalized spacial score (nSPS) is 11.4. The molecule has 0 aliphatic heterocycles. The van der Waals surface area contributed by atoms with Crippen LogP contribution in [0.25, 0.3) is 21.9 Å². The number of hydrogen-bond donors (Lipinski definition) is 1. The Kier molecular flexibility index (Phi) is 2.64. The molecule has 0 saturated carbocycles. The van der Waals surface area contributed by atoms with Crippen molar-refractivity contribution in [3.05, 3.63) is 46.5 Å². The number of rotatable bonds is 3. The molecule has 4 heteroatoms. The lowest BCUT2D eigenvalue weighted by atomic mass is 10.1. The summed E-state index contributed by atoms with van der Waals surface area (Å²) >= 11 is 0. The van der Waals surface area contributed by atoms with E-state index in [1.54, 1.807) is 12.1 Å². The van der Waals surface area contributed by atoms with Crippen molar-refractivity contribution in [2.45, 2.75) is 12.8 Å². The Morgan fingerprint density at radius 2 is 1.83 bits per heavy atom. The van der Waals surface area contributed by atoms with Crippen molar-refractivity contribution in [1.29, 1.82) is 0 Å². The van der Waals surface area contributed by atoms with Crippen molar-refractivity contribution in [3.63, 3.8) is 0 Å². The van der Waals surface area contributed by atoms with Gasteiger partial charge in [-0.15, -0.1) is 0 Å². The average Bonchev–Trinajstić information content (AvgIpc) is 2.75. The van der Waals surface area contributed by atoms with Crippen LogP contribution in [-0.2, 0) is 6.42 Å². The smallest absolute Gasteiger partial charge is 0.336 e. The van der Waals surface area contributed by atoms with E-state index in [9.17, 15) is 4.79 Å². The Bertz CT molecular complexity index is 751. The molecule has 0 radical (unpaired) electrons. The Morgan fingerprint density at radius 3 is 2.67 bits per heavy atom. The van der Waals surface area contributed by atoms with Crippen LogP contribution < -0.4 is 5.63 Å². The molecule has 3 aromatic rings. The fourth-order valence-corrected chi connectivity index (χ4v) is 2.04. The van der Waals surface area contributed by atoms with E-state index in [1.165, 1.54) is 6.07 Å². The zero-order chi connectivity index (χ0) is 12.5. The molecule has 2 aromatic heterocycles. The zero-order valence-corrected chi connectivity index (χ0v) is 9.68. The second kappa shape index (κ2) is 4.31. The van der Waals surface area contributed by atoms with Crippen molar-refractivity contribution in [3.8, 4) is 0 Å². The predicted molar refractivity (Wildman–Crippen MR) is 67.7 cm³/mol. The maximum atomic E-state index is 11.1. The van der Waals surface area contributed by atoms with Gasteiger partial charge >= 0.3 is 5.63 Å². The van der Waals surface area contributed by atoms with E-state index in [-0.39, 0.29) is 12.2 Å². The van der Waals surface area contributed by atoms with Gasteiger partial charge in [-0.25, -0.2) is 4.79 Å². The van der Waals surface area contributed by atoms with Crippen LogP contribution in [0.2, 0.25) is 0 Å². The van der Waals surface area contributed by atoms with E-state index in [2.05, 4.69) is 0 Å². The summed E-state index contributed by atoms with van der Waals surface area (Å²) in [6.07, 6.45) is 1.37. The number of hydrogen-bond acceptors (Lipinski definition) is 4. The molecule has 0 aliphatic carbocycles. The van der Waals surface area contributed by atoms with E-state index in [0.717, 1.165) is 16.5 Å². The van der Waals surface area contributed by atoms with Gasteiger partial charge in [0.2, 0.25) is 0 Å². The Balaban J connectivity index is 2.15. The van der Waals surface area contributed by atoms with Crippen LogP contribution in [0.15, 0.2) is 44.0 Å². The predicted octanol–water partition coefficient (Wildman–Crippen LogP) is 2.46. The van der Waals surface area contributed by atoms with Crippen molar-refractivity contribution < 1.29 is 13.9 Å². The van der Waals surface area contributed by atoms with Crippen LogP contribution >= 0.6 is 0 Å². The van der Waals surface area contributed by atoms with Crippen molar-refractivity contribution >= 4 is 21.9 Å². The maximum absolute atomic E-state index is 11.1. The first-order valence-electron chi connectivity index (χ1n) is 5.83. The van der Waals surface area contributed by atoms with Gasteiger partial charge in [0.1, 0.15) is 16.9 Å². The van der Waals surface area contributed by atoms with Gasteiger partial charge in [-0.3, -0.25) is 0 Å². The summed E-state index contributed by atoms with van der Waals surface area (Å²) < 4.78 is 10.7. The van der Waals surface area contributed by atoms with Crippen molar-refractivity contribution in [2.75, 3.05) is 6.61 Å². The van der Waals surface area contributed by atoms with E-state index >= 15 is 0 Å². The van der Waals surface area contributed by atoms with Gasteiger partial charge in [0.25, 0.3) is 0 Å². The third kappa shape index (κ3) is 1.91. The Morgan fingerprint density at radius 1 is 1.00 bits per heavy atom. The first-order valence-corrected chi connectivity index (χ1v) is 5.83. The fraction of sp³-hybridized carbons (Fsp3) is 0.214. The molecule has 2 heterocycles. The second-order valence-corrected chi connectivity index (χ2v) is 4.22. The first kappa shape index (κ1) is 11.0. The molecule has 0 amide bonds. The molecule has 0 aliphatic rings. The summed E-state index contributed by atoms with van der Waals surface area (Å²) in [5.41, 5.74) is 0.858. The third-order valence-electron chi connectivity index (χ3n) is 2.89. The van der Waals surface area contributed by atoms with E-state index < -0.39 is 0 Å². The fourth-order valence-electron chi connectivity index (χ4n) is 2.04. The monoisotopic (exact) mass is 244 g/mol. The SMILES string of the molecule is O=c1ccc2cc3cc(CCCO)oc3cc2o1. The van der Waals surface area contributed by atoms with E-state index in [4.69, 9.17) is 13.9 Å². The molecular formula is C14H12O4. The van der Waals surface area contributed by atoms with Gasteiger partial charge < -0.3 is 13.9 Å². The molecule has 1 N–H and O–H groups in total. The number of aliphatic hydroxyl groups is 1. The van der Waals surface area contributed by atoms with Crippen LogP contribution in [0.5, 0.6) is 0 Å². The first-order chi connectivity index (χ1) is 8.76. The molecule has 0 fully saturated rings. The average molecular weight is 244 g/mol. The lowest BCUT2D eigenvalue weighted by molar-refractivity contribution is 0.285. The summed E-state index contributed by atoms with van der Waals surface area (Å²) in [5, 5.41) is 10.6. The molecule has 0 atom stereocenters. The largest absolute Gasteiger partial charge is 0.461 e. The van der Waals surface area contributed by atoms with Crippen LogP contribution in [0.3, 0.4) is 0 Å². The number of aryl methyl sites for hydroxylation is 1. The molecule has 3 rings (SSSR count). The Hall–Kier alpha value is -2.07. The highest BCUT2D eigenvalue weighted by molar-refractivity contribution is 5.93. The summed E-state index contributed by atoms with van der Waals surface area (Å²) in [6.45, 7) is 0.147. The number of benzene rings is 1. The number of aliphatic hydroxyl groups excluding tert-OH is 1. The van der Waals surface area contributed by atoms with Crippen molar-refractivity contribution in [1.82, 2.24) is 0 Å². The van der Waals surface area contributed by atoms with Gasteiger partial charge in [0.15, 0.2) is 0 Å². The molecule has 18 heavy (non-hydrogen) atoms. The van der Waals surface area contributed by atoms with Gasteiger partial charge in [-0.05, 0) is 24.6 Å². The third-order valence-corrected chi connectivity index (χ3v) is 2.89. The van der Waals surface area contributed by atoms with Crippen molar-refractivity contribution in [2.24, 2.45) is 0 Å². The summed E-state index contributed by atoms with van der Waals surface area (Å²) in [6, 6.07) is 8.76. The standard InChI is InChI=1S/C14H12O4/c15-5-1-2-11-7-10-6-9-3-4-14(16)18-12(9)8-13(10)17-11/h3-4,6-8,15H,1-2,5H2. The quantitative estimate of drug-likeness (QED) is 0.719. The highest BCUT2D eigenvalue weighted by Crippen LogP contribution is 2.25. The molecule has 4 nitrogen and oxygen atoms in total. The van der Waals surface area contributed by atoms with E-state index in [1.807, 2.05) is 12.1 Å². The minimum absolute atomic E-state index is 0.147. The minimum atomic E-state index is -0.367. The minimum Gasteiger partial charge on any atom is -0.461 e. The maximum Gasteiger partial charge on any atom is 0.336 e. The molecular weight excluding hydrogens is 232 g/mol. The molecule has 0 unspecified atom stereocenters. The van der Waals surface area contributed by atoms with Gasteiger partial charge in [-0.2, -0.15) is 0 Å². The molecule has 0 spiro atoms. The summed E-state index contributed by atoms with van der Waals surface area (Å²) in [7, 11) is 0. The molecule has 92 valence electrons. The topological polar surface area (TPSA) is 63.6 Å². The van der Waals surface area contributed by atoms with Crippen LogP contribution in [-0.4, -0.2) is 11.7 Å². The number of fused-ring (bicyclic) bond motifs is 2. The highest BCUT2D eigenvalue weighted by atomic mass is 16.4. The number of furan rings is 1. The van der Waals surface area contributed by atoms with Crippen LogP contribution in [0, 0.1) is 0 Å². The van der Waals surface area contributed by atoms with Crippen LogP contribution in [0.1, 0.15) is 12.2 Å². The zero-order valence-electron chi connectivity index (χ0n) is 9.68. The second-order valence-electron chi connectivity index (χ2n) is 4.22. The van der Waals surface area contributed by atoms with E-state index in [0.29, 0.717) is 24.0 Å². The highest BCUT2D eigenvalue weighted by Gasteiger charge is 2.06. The molecule has 0 saturated heterocycles. The van der Waals surface area contributed by atoms with Crippen LogP contribution in [0.4, 0.5) is 0 Å². The summed E-state index contributed by atoms with van der Waals surface area (Å²) in [4.78, 5) is 11.1. The Labute approximate surface area is 102 Å². The van der Waals surface area contributed by atoms with Gasteiger partial charge in [0.05, 0.1) is 0 Å². The lowest BCUT2D eigenvalue weighted by Crippen LogP contribution is -1.93. The molecule has 1 aromatic carbocycles.